The van der Waals surface area contributed by atoms with Crippen LogP contribution in [0.2, 0.25) is 18.1 Å². The van der Waals surface area contributed by atoms with Gasteiger partial charge < -0.3 is 9.16 Å². The standard InChI is InChI=1S/C22H34N2O3Si/c1-22(2,3)28(4,5)26-15-19-20-18-12-11-17(14-24(20)21(25)27-19)23(18)13-16-9-7-6-8-10-16/h6-10,17-20H,11-15H2,1-5H3/t17-,18+,19?,20?/m0/s1. The van der Waals surface area contributed by atoms with Crippen molar-refractivity contribution in [1.29, 1.82) is 0 Å². The Hall–Kier alpha value is -1.37. The summed E-state index contributed by atoms with van der Waals surface area (Å²) < 4.78 is 12.3. The van der Waals surface area contributed by atoms with Crippen molar-refractivity contribution >= 4 is 14.4 Å². The molecule has 3 fully saturated rings. The van der Waals surface area contributed by atoms with E-state index in [0.29, 0.717) is 18.7 Å². The first kappa shape index (κ1) is 19.9. The summed E-state index contributed by atoms with van der Waals surface area (Å²) in [5, 5.41) is 0.152. The molecule has 0 aliphatic carbocycles. The first-order valence-electron chi connectivity index (χ1n) is 10.6. The van der Waals surface area contributed by atoms with Crippen molar-refractivity contribution in [3.05, 3.63) is 35.9 Å². The van der Waals surface area contributed by atoms with Crippen molar-refractivity contribution in [2.75, 3.05) is 13.2 Å². The van der Waals surface area contributed by atoms with E-state index < -0.39 is 8.32 Å². The summed E-state index contributed by atoms with van der Waals surface area (Å²) in [5.74, 6) is 0. The third-order valence-corrected chi connectivity index (χ3v) is 11.8. The monoisotopic (exact) mass is 402 g/mol. The van der Waals surface area contributed by atoms with Crippen LogP contribution >= 0.6 is 0 Å². The lowest BCUT2D eigenvalue weighted by Crippen LogP contribution is -2.60. The number of benzene rings is 1. The number of carbonyl (C=O) groups is 1. The van der Waals surface area contributed by atoms with Crippen LogP contribution < -0.4 is 0 Å². The van der Waals surface area contributed by atoms with Crippen molar-refractivity contribution in [3.63, 3.8) is 0 Å². The Morgan fingerprint density at radius 2 is 1.89 bits per heavy atom. The molecule has 6 heteroatoms. The molecule has 0 saturated carbocycles. The molecule has 4 rings (SSSR count). The Morgan fingerprint density at radius 3 is 2.57 bits per heavy atom. The van der Waals surface area contributed by atoms with E-state index in [1.165, 1.54) is 5.56 Å². The van der Waals surface area contributed by atoms with Gasteiger partial charge in [0.1, 0.15) is 6.10 Å². The Kier molecular flexibility index (Phi) is 5.09. The normalized spacial score (nSPS) is 30.5. The summed E-state index contributed by atoms with van der Waals surface area (Å²) in [7, 11) is -1.87. The molecule has 3 aliphatic heterocycles. The summed E-state index contributed by atoms with van der Waals surface area (Å²) in [6.07, 6.45) is 1.98. The van der Waals surface area contributed by atoms with Gasteiger partial charge in [0.2, 0.25) is 0 Å². The van der Waals surface area contributed by atoms with Gasteiger partial charge in [-0.05, 0) is 36.5 Å². The predicted molar refractivity (Wildman–Crippen MR) is 113 cm³/mol. The van der Waals surface area contributed by atoms with Gasteiger partial charge in [-0.15, -0.1) is 0 Å². The molecule has 0 spiro atoms. The van der Waals surface area contributed by atoms with Crippen LogP contribution in [0.5, 0.6) is 0 Å². The Bertz CT molecular complexity index is 718. The van der Waals surface area contributed by atoms with E-state index in [1.807, 2.05) is 4.90 Å². The van der Waals surface area contributed by atoms with Crippen molar-refractivity contribution < 1.29 is 14.0 Å². The first-order valence-corrected chi connectivity index (χ1v) is 13.5. The number of carbonyl (C=O) groups excluding carboxylic acids is 1. The van der Waals surface area contributed by atoms with Crippen LogP contribution in [0.3, 0.4) is 0 Å². The van der Waals surface area contributed by atoms with Gasteiger partial charge in [0, 0.05) is 25.2 Å². The number of nitrogens with zero attached hydrogens (tertiary/aromatic N) is 2. The van der Waals surface area contributed by atoms with E-state index in [2.05, 4.69) is 69.1 Å². The molecule has 0 aromatic heterocycles. The van der Waals surface area contributed by atoms with E-state index in [4.69, 9.17) is 9.16 Å². The van der Waals surface area contributed by atoms with Gasteiger partial charge in [0.25, 0.3) is 0 Å². The second-order valence-corrected chi connectivity index (χ2v) is 14.9. The van der Waals surface area contributed by atoms with E-state index in [-0.39, 0.29) is 23.3 Å². The second kappa shape index (κ2) is 7.15. The third kappa shape index (κ3) is 3.51. The molecule has 0 radical (unpaired) electrons. The van der Waals surface area contributed by atoms with Gasteiger partial charge in [-0.25, -0.2) is 4.79 Å². The van der Waals surface area contributed by atoms with Gasteiger partial charge >= 0.3 is 6.09 Å². The molecule has 154 valence electrons. The fourth-order valence-corrected chi connectivity index (χ4v) is 5.69. The smallest absolute Gasteiger partial charge is 0.410 e. The van der Waals surface area contributed by atoms with Crippen LogP contribution in [0.4, 0.5) is 4.79 Å². The van der Waals surface area contributed by atoms with Crippen molar-refractivity contribution in [3.8, 4) is 0 Å². The quantitative estimate of drug-likeness (QED) is 0.691. The van der Waals surface area contributed by atoms with E-state index >= 15 is 0 Å². The lowest BCUT2D eigenvalue weighted by atomic mass is 9.98. The zero-order chi connectivity index (χ0) is 20.1. The molecule has 2 unspecified atom stereocenters. The van der Waals surface area contributed by atoms with E-state index in [1.54, 1.807) is 0 Å². The predicted octanol–water partition coefficient (Wildman–Crippen LogP) is 4.24. The maximum absolute atomic E-state index is 12.6. The average Bonchev–Trinajstić information content (AvgIpc) is 3.08. The average molecular weight is 403 g/mol. The summed E-state index contributed by atoms with van der Waals surface area (Å²) in [6, 6.07) is 11.6. The SMILES string of the molecule is CC(C)(C)[Si](C)(C)OCC1OC(=O)N2C[C@@H]3CC[C@H](C12)N3Cc1ccccc1. The third-order valence-electron chi connectivity index (χ3n) is 7.34. The summed E-state index contributed by atoms with van der Waals surface area (Å²) in [4.78, 5) is 17.2. The number of piperazine rings is 1. The number of hydrogen-bond acceptors (Lipinski definition) is 4. The minimum Gasteiger partial charge on any atom is -0.441 e. The lowest BCUT2D eigenvalue weighted by molar-refractivity contribution is 0.0210. The van der Waals surface area contributed by atoms with Crippen molar-refractivity contribution in [1.82, 2.24) is 9.80 Å². The number of rotatable bonds is 5. The van der Waals surface area contributed by atoms with Crippen LogP contribution in [0, 0.1) is 0 Å². The molecule has 1 aromatic carbocycles. The highest BCUT2D eigenvalue weighted by Crippen LogP contribution is 2.42. The number of hydrogen-bond donors (Lipinski definition) is 0. The maximum Gasteiger partial charge on any atom is 0.410 e. The van der Waals surface area contributed by atoms with Crippen LogP contribution in [0.1, 0.15) is 39.2 Å². The topological polar surface area (TPSA) is 42.0 Å². The molecule has 28 heavy (non-hydrogen) atoms. The van der Waals surface area contributed by atoms with E-state index in [0.717, 1.165) is 25.9 Å². The van der Waals surface area contributed by atoms with Crippen molar-refractivity contribution in [2.45, 2.75) is 82.5 Å². The molecular weight excluding hydrogens is 368 g/mol. The lowest BCUT2D eigenvalue weighted by Gasteiger charge is -2.44. The molecule has 2 bridgehead atoms. The molecule has 3 saturated heterocycles. The molecule has 3 heterocycles. The minimum atomic E-state index is -1.87. The number of cyclic esters (lactones) is 1. The maximum atomic E-state index is 12.6. The van der Waals surface area contributed by atoms with Crippen LogP contribution in [0.25, 0.3) is 0 Å². The number of fused-ring (bicyclic) bond motifs is 4. The van der Waals surface area contributed by atoms with Crippen LogP contribution in [-0.4, -0.2) is 61.6 Å². The highest BCUT2D eigenvalue weighted by atomic mass is 28.4. The summed E-state index contributed by atoms with van der Waals surface area (Å²) in [5.41, 5.74) is 1.34. The highest BCUT2D eigenvalue weighted by Gasteiger charge is 2.56. The molecule has 4 atom stereocenters. The Balaban J connectivity index is 1.50. The van der Waals surface area contributed by atoms with Gasteiger partial charge in [0.05, 0.1) is 12.6 Å². The summed E-state index contributed by atoms with van der Waals surface area (Å²) in [6.45, 7) is 13.5. The molecule has 1 aromatic rings. The zero-order valence-electron chi connectivity index (χ0n) is 17.9. The summed E-state index contributed by atoms with van der Waals surface area (Å²) >= 11 is 0. The number of amides is 1. The van der Waals surface area contributed by atoms with Gasteiger partial charge in [0.15, 0.2) is 8.32 Å². The fourth-order valence-electron chi connectivity index (χ4n) is 4.68. The van der Waals surface area contributed by atoms with E-state index in [9.17, 15) is 4.79 Å². The van der Waals surface area contributed by atoms with Gasteiger partial charge in [-0.3, -0.25) is 9.80 Å². The number of ether oxygens (including phenoxy) is 1. The largest absolute Gasteiger partial charge is 0.441 e. The Labute approximate surface area is 170 Å². The Morgan fingerprint density at radius 1 is 1.18 bits per heavy atom. The van der Waals surface area contributed by atoms with Crippen LogP contribution in [0.15, 0.2) is 30.3 Å². The molecular formula is C22H34N2O3Si. The minimum absolute atomic E-state index is 0.111. The molecule has 5 nitrogen and oxygen atoms in total. The first-order chi connectivity index (χ1) is 13.2. The highest BCUT2D eigenvalue weighted by molar-refractivity contribution is 6.74. The van der Waals surface area contributed by atoms with Gasteiger partial charge in [-0.1, -0.05) is 51.1 Å². The van der Waals surface area contributed by atoms with Crippen LogP contribution in [-0.2, 0) is 15.7 Å². The molecule has 3 aliphatic rings. The second-order valence-electron chi connectivity index (χ2n) is 10.1. The fraction of sp³-hybridized carbons (Fsp3) is 0.682. The van der Waals surface area contributed by atoms with Crippen molar-refractivity contribution in [2.24, 2.45) is 0 Å². The zero-order valence-corrected chi connectivity index (χ0v) is 18.9. The molecule has 0 N–H and O–H groups in total. The molecule has 1 amide bonds. The van der Waals surface area contributed by atoms with Gasteiger partial charge in [-0.2, -0.15) is 0 Å².